The van der Waals surface area contributed by atoms with Crippen molar-refractivity contribution in [2.75, 3.05) is 20.7 Å². The molecule has 0 saturated heterocycles. The summed E-state index contributed by atoms with van der Waals surface area (Å²) >= 11 is 6.03. The molecule has 0 radical (unpaired) electrons. The van der Waals surface area contributed by atoms with Crippen LogP contribution in [-0.4, -0.2) is 36.4 Å². The summed E-state index contributed by atoms with van der Waals surface area (Å²) in [4.78, 5) is 4.29. The number of ether oxygens (including phenoxy) is 1. The normalized spacial score (nSPS) is 12.2. The first kappa shape index (κ1) is 25.1. The molecule has 0 bridgehead atoms. The lowest BCUT2D eigenvalue weighted by Gasteiger charge is -2.21. The van der Waals surface area contributed by atoms with E-state index in [9.17, 15) is 4.39 Å². The number of hydrogen-bond donors (Lipinski definition) is 2. The Morgan fingerprint density at radius 1 is 1.23 bits per heavy atom. The summed E-state index contributed by atoms with van der Waals surface area (Å²) in [7, 11) is 3.26. The minimum Gasteiger partial charge on any atom is -0.380 e. The van der Waals surface area contributed by atoms with Crippen molar-refractivity contribution < 1.29 is 9.13 Å². The summed E-state index contributed by atoms with van der Waals surface area (Å²) in [6.07, 6.45) is 3.68. The fourth-order valence-electron chi connectivity index (χ4n) is 3.12. The number of halogens is 3. The molecule has 2 N–H and O–H groups in total. The SMILES string of the molecule is CN=C(NCc1ccc(F)c(COC)c1)NCC(c1ccc(Cl)cc1)n1cccn1.I. The van der Waals surface area contributed by atoms with Crippen molar-refractivity contribution >= 4 is 41.5 Å². The molecule has 9 heteroatoms. The van der Waals surface area contributed by atoms with Crippen LogP contribution in [-0.2, 0) is 17.9 Å². The zero-order valence-corrected chi connectivity index (χ0v) is 20.5. The number of nitrogens with zero attached hydrogens (tertiary/aromatic N) is 3. The minimum absolute atomic E-state index is 0. The summed E-state index contributed by atoms with van der Waals surface area (Å²) in [5.41, 5.74) is 2.54. The van der Waals surface area contributed by atoms with Gasteiger partial charge in [-0.25, -0.2) is 4.39 Å². The molecular formula is C22H26ClFIN5O. The molecule has 0 saturated carbocycles. The Morgan fingerprint density at radius 3 is 2.65 bits per heavy atom. The lowest BCUT2D eigenvalue weighted by molar-refractivity contribution is 0.181. The van der Waals surface area contributed by atoms with Crippen molar-refractivity contribution in [2.24, 2.45) is 4.99 Å². The van der Waals surface area contributed by atoms with Crippen molar-refractivity contribution in [3.63, 3.8) is 0 Å². The van der Waals surface area contributed by atoms with E-state index in [1.165, 1.54) is 6.07 Å². The molecular weight excluding hydrogens is 532 g/mol. The maximum atomic E-state index is 13.8. The summed E-state index contributed by atoms with van der Waals surface area (Å²) in [5.74, 6) is 0.367. The molecule has 1 heterocycles. The first-order chi connectivity index (χ1) is 14.6. The second kappa shape index (κ2) is 12.6. The molecule has 1 unspecified atom stereocenters. The van der Waals surface area contributed by atoms with Gasteiger partial charge in [0.15, 0.2) is 5.96 Å². The molecule has 0 aliphatic rings. The van der Waals surface area contributed by atoms with E-state index >= 15 is 0 Å². The van der Waals surface area contributed by atoms with Crippen LogP contribution in [0.15, 0.2) is 65.9 Å². The Bertz CT molecular complexity index is 967. The molecule has 2 aromatic carbocycles. The van der Waals surface area contributed by atoms with Crippen molar-refractivity contribution in [3.05, 3.63) is 88.5 Å². The van der Waals surface area contributed by atoms with Gasteiger partial charge in [0.25, 0.3) is 0 Å². The van der Waals surface area contributed by atoms with Crippen LogP contribution in [0.4, 0.5) is 4.39 Å². The summed E-state index contributed by atoms with van der Waals surface area (Å²) < 4.78 is 20.7. The predicted octanol–water partition coefficient (Wildman–Crippen LogP) is 4.39. The molecule has 0 spiro atoms. The molecule has 31 heavy (non-hydrogen) atoms. The van der Waals surface area contributed by atoms with Gasteiger partial charge in [-0.2, -0.15) is 5.10 Å². The topological polar surface area (TPSA) is 63.5 Å². The van der Waals surface area contributed by atoms with E-state index in [1.807, 2.05) is 41.2 Å². The van der Waals surface area contributed by atoms with E-state index in [0.717, 1.165) is 11.1 Å². The number of rotatable bonds is 8. The molecule has 6 nitrogen and oxygen atoms in total. The van der Waals surface area contributed by atoms with Crippen molar-refractivity contribution in [1.29, 1.82) is 0 Å². The van der Waals surface area contributed by atoms with E-state index in [4.69, 9.17) is 16.3 Å². The average Bonchev–Trinajstić information content (AvgIpc) is 3.28. The summed E-state index contributed by atoms with van der Waals surface area (Å²) in [5, 5.41) is 11.7. The number of aromatic nitrogens is 2. The van der Waals surface area contributed by atoms with Crippen LogP contribution in [0.2, 0.25) is 5.02 Å². The zero-order chi connectivity index (χ0) is 21.3. The molecule has 3 rings (SSSR count). The van der Waals surface area contributed by atoms with Crippen LogP contribution < -0.4 is 10.6 Å². The number of guanidine groups is 1. The molecule has 166 valence electrons. The highest BCUT2D eigenvalue weighted by atomic mass is 127. The predicted molar refractivity (Wildman–Crippen MR) is 133 cm³/mol. The molecule has 0 fully saturated rings. The molecule has 0 aliphatic heterocycles. The Kier molecular flexibility index (Phi) is 10.2. The maximum absolute atomic E-state index is 13.8. The Balaban J connectivity index is 0.00000341. The third kappa shape index (κ3) is 7.19. The minimum atomic E-state index is -0.270. The molecule has 0 aliphatic carbocycles. The van der Waals surface area contributed by atoms with E-state index in [1.54, 1.807) is 32.5 Å². The second-order valence-corrected chi connectivity index (χ2v) is 7.16. The summed E-state index contributed by atoms with van der Waals surface area (Å²) in [6.45, 7) is 1.31. The molecule has 1 atom stereocenters. The first-order valence-corrected chi connectivity index (χ1v) is 9.94. The van der Waals surface area contributed by atoms with Gasteiger partial charge in [-0.15, -0.1) is 24.0 Å². The average molecular weight is 558 g/mol. The van der Waals surface area contributed by atoms with Crippen LogP contribution in [0.25, 0.3) is 0 Å². The number of benzene rings is 2. The summed E-state index contributed by atoms with van der Waals surface area (Å²) in [6, 6.07) is 14.6. The second-order valence-electron chi connectivity index (χ2n) is 6.72. The molecule has 0 amide bonds. The quantitative estimate of drug-likeness (QED) is 0.245. The highest BCUT2D eigenvalue weighted by molar-refractivity contribution is 14.0. The fraction of sp³-hybridized carbons (Fsp3) is 0.273. The third-order valence-corrected chi connectivity index (χ3v) is 4.91. The molecule has 1 aromatic heterocycles. The van der Waals surface area contributed by atoms with E-state index in [2.05, 4.69) is 20.7 Å². The standard InChI is InChI=1S/C22H25ClFN5O.HI/c1-25-22(26-13-16-4-9-20(24)18(12-16)15-30-2)27-14-21(29-11-3-10-28-29)17-5-7-19(23)8-6-17;/h3-12,21H,13-15H2,1-2H3,(H2,25,26,27);1H. The van der Waals surface area contributed by atoms with E-state index in [0.29, 0.717) is 29.6 Å². The van der Waals surface area contributed by atoms with Crippen molar-refractivity contribution in [3.8, 4) is 0 Å². The van der Waals surface area contributed by atoms with Crippen LogP contribution in [0.3, 0.4) is 0 Å². The monoisotopic (exact) mass is 557 g/mol. The van der Waals surface area contributed by atoms with Gasteiger partial charge in [0.05, 0.1) is 12.6 Å². The van der Waals surface area contributed by atoms with Gasteiger partial charge in [0.1, 0.15) is 5.82 Å². The van der Waals surface area contributed by atoms with Crippen LogP contribution in [0.1, 0.15) is 22.7 Å². The number of methoxy groups -OCH3 is 1. The van der Waals surface area contributed by atoms with Crippen LogP contribution in [0.5, 0.6) is 0 Å². The maximum Gasteiger partial charge on any atom is 0.191 e. The van der Waals surface area contributed by atoms with Gasteiger partial charge in [0, 0.05) is 50.2 Å². The Labute approximate surface area is 203 Å². The smallest absolute Gasteiger partial charge is 0.191 e. The highest BCUT2D eigenvalue weighted by Crippen LogP contribution is 2.19. The van der Waals surface area contributed by atoms with Gasteiger partial charge >= 0.3 is 0 Å². The van der Waals surface area contributed by atoms with Crippen molar-refractivity contribution in [2.45, 2.75) is 19.2 Å². The van der Waals surface area contributed by atoms with Crippen molar-refractivity contribution in [1.82, 2.24) is 20.4 Å². The van der Waals surface area contributed by atoms with Crippen LogP contribution >= 0.6 is 35.6 Å². The lowest BCUT2D eigenvalue weighted by Crippen LogP contribution is -2.40. The zero-order valence-electron chi connectivity index (χ0n) is 17.4. The third-order valence-electron chi connectivity index (χ3n) is 4.66. The Hall–Kier alpha value is -2.17. The van der Waals surface area contributed by atoms with Gasteiger partial charge in [-0.1, -0.05) is 29.8 Å². The number of hydrogen-bond acceptors (Lipinski definition) is 3. The fourth-order valence-corrected chi connectivity index (χ4v) is 3.24. The van der Waals surface area contributed by atoms with Gasteiger partial charge in [0.2, 0.25) is 0 Å². The van der Waals surface area contributed by atoms with E-state index in [-0.39, 0.29) is 42.4 Å². The lowest BCUT2D eigenvalue weighted by atomic mass is 10.1. The van der Waals surface area contributed by atoms with Gasteiger partial charge < -0.3 is 15.4 Å². The largest absolute Gasteiger partial charge is 0.380 e. The van der Waals surface area contributed by atoms with Gasteiger partial charge in [-0.05, 0) is 41.5 Å². The molecule has 3 aromatic rings. The Morgan fingerprint density at radius 2 is 2.00 bits per heavy atom. The van der Waals surface area contributed by atoms with Crippen LogP contribution in [0, 0.1) is 5.82 Å². The first-order valence-electron chi connectivity index (χ1n) is 9.56. The number of nitrogens with one attached hydrogen (secondary N) is 2. The highest BCUT2D eigenvalue weighted by Gasteiger charge is 2.15. The number of aliphatic imine (C=N–C) groups is 1. The van der Waals surface area contributed by atoms with Gasteiger partial charge in [-0.3, -0.25) is 9.67 Å². The van der Waals surface area contributed by atoms with E-state index < -0.39 is 0 Å².